The average Bonchev–Trinajstić information content (AvgIpc) is 2.93. The van der Waals surface area contributed by atoms with E-state index in [2.05, 4.69) is 26.7 Å². The van der Waals surface area contributed by atoms with Gasteiger partial charge in [-0.15, -0.1) is 0 Å². The van der Waals surface area contributed by atoms with Gasteiger partial charge in [0.2, 0.25) is 0 Å². The van der Waals surface area contributed by atoms with Crippen molar-refractivity contribution in [2.45, 2.75) is 50.6 Å². The quantitative estimate of drug-likeness (QED) is 0.833. The molecule has 3 nitrogen and oxygen atoms in total. The topological polar surface area (TPSA) is 41.6 Å². The van der Waals surface area contributed by atoms with Gasteiger partial charge in [0.15, 0.2) is 5.96 Å². The summed E-state index contributed by atoms with van der Waals surface area (Å²) in [7, 11) is 0. The smallest absolute Gasteiger partial charge is 0.192 e. The maximum atomic E-state index is 6.14. The predicted molar refractivity (Wildman–Crippen MR) is 76.9 cm³/mol. The van der Waals surface area contributed by atoms with Crippen molar-refractivity contribution in [2.24, 2.45) is 10.7 Å². The fraction of sp³-hybridized carbons (Fsp3) is 0.643. The molecule has 1 aromatic rings. The van der Waals surface area contributed by atoms with E-state index in [4.69, 9.17) is 5.73 Å². The SMILES string of the molecule is NC1=NCC(c2ccsc2)N1C1CCCCCC1. The summed E-state index contributed by atoms with van der Waals surface area (Å²) in [4.78, 5) is 6.88. The maximum Gasteiger partial charge on any atom is 0.192 e. The van der Waals surface area contributed by atoms with Crippen molar-refractivity contribution in [3.63, 3.8) is 0 Å². The Morgan fingerprint density at radius 2 is 2.00 bits per heavy atom. The lowest BCUT2D eigenvalue weighted by atomic mass is 10.0. The molecule has 1 aromatic heterocycles. The van der Waals surface area contributed by atoms with E-state index >= 15 is 0 Å². The lowest BCUT2D eigenvalue weighted by Crippen LogP contribution is -2.43. The lowest BCUT2D eigenvalue weighted by Gasteiger charge is -2.33. The number of nitrogens with two attached hydrogens (primary N) is 1. The van der Waals surface area contributed by atoms with Crippen LogP contribution in [0, 0.1) is 0 Å². The van der Waals surface area contributed by atoms with Crippen LogP contribution in [0.15, 0.2) is 21.8 Å². The molecule has 0 spiro atoms. The summed E-state index contributed by atoms with van der Waals surface area (Å²) in [5.41, 5.74) is 7.52. The molecule has 1 saturated carbocycles. The van der Waals surface area contributed by atoms with Crippen molar-refractivity contribution in [2.75, 3.05) is 6.54 Å². The minimum Gasteiger partial charge on any atom is -0.370 e. The van der Waals surface area contributed by atoms with E-state index in [1.165, 1.54) is 44.1 Å². The molecule has 0 radical (unpaired) electrons. The fourth-order valence-electron chi connectivity index (χ4n) is 3.22. The van der Waals surface area contributed by atoms with Crippen molar-refractivity contribution in [3.8, 4) is 0 Å². The number of aliphatic imine (C=N–C) groups is 1. The second-order valence-electron chi connectivity index (χ2n) is 5.32. The van der Waals surface area contributed by atoms with Crippen LogP contribution in [0.1, 0.15) is 50.1 Å². The Balaban J connectivity index is 1.80. The van der Waals surface area contributed by atoms with E-state index < -0.39 is 0 Å². The first kappa shape index (κ1) is 12.0. The first-order chi connectivity index (χ1) is 8.86. The Morgan fingerprint density at radius 1 is 1.22 bits per heavy atom. The van der Waals surface area contributed by atoms with Gasteiger partial charge in [-0.2, -0.15) is 11.3 Å². The van der Waals surface area contributed by atoms with Gasteiger partial charge >= 0.3 is 0 Å². The number of rotatable bonds is 2. The Kier molecular flexibility index (Phi) is 3.55. The molecule has 1 aliphatic heterocycles. The molecule has 18 heavy (non-hydrogen) atoms. The van der Waals surface area contributed by atoms with Gasteiger partial charge in [-0.3, -0.25) is 4.99 Å². The molecule has 2 N–H and O–H groups in total. The third kappa shape index (κ3) is 2.26. The van der Waals surface area contributed by atoms with Gasteiger partial charge in [0.1, 0.15) is 0 Å². The first-order valence-corrected chi connectivity index (χ1v) is 7.91. The summed E-state index contributed by atoms with van der Waals surface area (Å²) >= 11 is 1.76. The van der Waals surface area contributed by atoms with Crippen LogP contribution >= 0.6 is 11.3 Å². The fourth-order valence-corrected chi connectivity index (χ4v) is 3.92. The molecular formula is C14H21N3S. The second kappa shape index (κ2) is 5.31. The highest BCUT2D eigenvalue weighted by atomic mass is 32.1. The van der Waals surface area contributed by atoms with Crippen molar-refractivity contribution < 1.29 is 0 Å². The van der Waals surface area contributed by atoms with E-state index in [1.807, 2.05) is 0 Å². The van der Waals surface area contributed by atoms with E-state index in [-0.39, 0.29) is 0 Å². The average molecular weight is 263 g/mol. The maximum absolute atomic E-state index is 6.14. The molecule has 1 atom stereocenters. The molecular weight excluding hydrogens is 242 g/mol. The van der Waals surface area contributed by atoms with Gasteiger partial charge in [0, 0.05) is 6.04 Å². The number of guanidine groups is 1. The zero-order valence-corrected chi connectivity index (χ0v) is 11.5. The number of thiophene rings is 1. The predicted octanol–water partition coefficient (Wildman–Crippen LogP) is 3.14. The summed E-state index contributed by atoms with van der Waals surface area (Å²) in [5, 5.41) is 4.39. The van der Waals surface area contributed by atoms with Gasteiger partial charge in [-0.1, -0.05) is 25.7 Å². The Bertz CT molecular complexity index is 405. The summed E-state index contributed by atoms with van der Waals surface area (Å²) in [5.74, 6) is 0.762. The van der Waals surface area contributed by atoms with Crippen LogP contribution in [0.2, 0.25) is 0 Å². The van der Waals surface area contributed by atoms with E-state index in [0.29, 0.717) is 12.1 Å². The van der Waals surface area contributed by atoms with Gasteiger partial charge in [0.25, 0.3) is 0 Å². The normalized spacial score (nSPS) is 26.1. The summed E-state index contributed by atoms with van der Waals surface area (Å²) < 4.78 is 0. The lowest BCUT2D eigenvalue weighted by molar-refractivity contribution is 0.237. The molecule has 4 heteroatoms. The number of hydrogen-bond donors (Lipinski definition) is 1. The highest BCUT2D eigenvalue weighted by Crippen LogP contribution is 2.33. The van der Waals surface area contributed by atoms with Crippen LogP contribution in [0.25, 0.3) is 0 Å². The Hall–Kier alpha value is -1.03. The minimum atomic E-state index is 0.388. The minimum absolute atomic E-state index is 0.388. The Morgan fingerprint density at radius 3 is 2.67 bits per heavy atom. The molecule has 3 rings (SSSR count). The third-order valence-electron chi connectivity index (χ3n) is 4.17. The number of nitrogens with zero attached hydrogens (tertiary/aromatic N) is 2. The molecule has 0 aromatic carbocycles. The van der Waals surface area contributed by atoms with Gasteiger partial charge in [-0.05, 0) is 35.2 Å². The molecule has 0 saturated heterocycles. The highest BCUT2D eigenvalue weighted by Gasteiger charge is 2.33. The molecule has 0 amide bonds. The molecule has 2 heterocycles. The van der Waals surface area contributed by atoms with Crippen LogP contribution in [0.3, 0.4) is 0 Å². The van der Waals surface area contributed by atoms with Crippen LogP contribution in [-0.4, -0.2) is 23.4 Å². The van der Waals surface area contributed by atoms with E-state index in [9.17, 15) is 0 Å². The monoisotopic (exact) mass is 263 g/mol. The van der Waals surface area contributed by atoms with Crippen LogP contribution < -0.4 is 5.73 Å². The largest absolute Gasteiger partial charge is 0.370 e. The second-order valence-corrected chi connectivity index (χ2v) is 6.10. The Labute approximate surface area is 113 Å². The third-order valence-corrected chi connectivity index (χ3v) is 4.87. The van der Waals surface area contributed by atoms with Gasteiger partial charge in [-0.25, -0.2) is 0 Å². The number of hydrogen-bond acceptors (Lipinski definition) is 4. The molecule has 1 aliphatic carbocycles. The van der Waals surface area contributed by atoms with Gasteiger partial charge < -0.3 is 10.6 Å². The summed E-state index contributed by atoms with van der Waals surface area (Å²) in [6, 6.07) is 3.20. The summed E-state index contributed by atoms with van der Waals surface area (Å²) in [6.45, 7) is 0.832. The van der Waals surface area contributed by atoms with E-state index in [0.717, 1.165) is 12.5 Å². The molecule has 1 unspecified atom stereocenters. The highest BCUT2D eigenvalue weighted by molar-refractivity contribution is 7.07. The molecule has 2 aliphatic rings. The van der Waals surface area contributed by atoms with Gasteiger partial charge in [0.05, 0.1) is 12.6 Å². The zero-order chi connectivity index (χ0) is 12.4. The standard InChI is InChI=1S/C14H21N3S/c15-14-16-9-13(11-7-8-18-10-11)17(14)12-5-3-1-2-4-6-12/h7-8,10,12-13H,1-6,9H2,(H2,15,16). The van der Waals surface area contributed by atoms with Crippen LogP contribution in [0.5, 0.6) is 0 Å². The van der Waals surface area contributed by atoms with Crippen molar-refractivity contribution in [1.29, 1.82) is 0 Å². The molecule has 0 bridgehead atoms. The van der Waals surface area contributed by atoms with Crippen LogP contribution in [0.4, 0.5) is 0 Å². The van der Waals surface area contributed by atoms with Crippen molar-refractivity contribution in [3.05, 3.63) is 22.4 Å². The first-order valence-electron chi connectivity index (χ1n) is 6.96. The van der Waals surface area contributed by atoms with Crippen LogP contribution in [-0.2, 0) is 0 Å². The van der Waals surface area contributed by atoms with Crippen molar-refractivity contribution >= 4 is 17.3 Å². The van der Waals surface area contributed by atoms with Crippen molar-refractivity contribution in [1.82, 2.24) is 4.90 Å². The summed E-state index contributed by atoms with van der Waals surface area (Å²) in [6.07, 6.45) is 7.98. The van der Waals surface area contributed by atoms with E-state index in [1.54, 1.807) is 11.3 Å². The molecule has 1 fully saturated rings. The molecule has 98 valence electrons. The zero-order valence-electron chi connectivity index (χ0n) is 10.7.